The van der Waals surface area contributed by atoms with Crippen molar-refractivity contribution in [3.63, 3.8) is 0 Å². The van der Waals surface area contributed by atoms with E-state index in [0.717, 1.165) is 0 Å². The Morgan fingerprint density at radius 1 is 1.25 bits per heavy atom. The summed E-state index contributed by atoms with van der Waals surface area (Å²) in [5.41, 5.74) is -0.471. The summed E-state index contributed by atoms with van der Waals surface area (Å²) in [7, 11) is 1.50. The highest BCUT2D eigenvalue weighted by Gasteiger charge is 2.12. The fourth-order valence-corrected chi connectivity index (χ4v) is 1.09. The number of anilines is 2. The van der Waals surface area contributed by atoms with Crippen molar-refractivity contribution < 1.29 is 9.59 Å². The molecular formula is C9H12N4O3. The topological polar surface area (TPSA) is 93.1 Å². The minimum Gasteiger partial charge on any atom is -0.319 e. The number of aromatic nitrogens is 2. The molecule has 7 heteroatoms. The number of amides is 2. The van der Waals surface area contributed by atoms with E-state index in [1.807, 2.05) is 0 Å². The Morgan fingerprint density at radius 2 is 1.81 bits per heavy atom. The van der Waals surface area contributed by atoms with E-state index in [0.29, 0.717) is 0 Å². The third-order valence-electron chi connectivity index (χ3n) is 1.73. The standard InChI is InChI=1S/C9H12N4O3/c1-5(14)11-7-8(12-6(2)15)10-4-13(3)9(7)16/h4H,1-3H3,(H,11,14)(H,12,15). The molecule has 1 aromatic heterocycles. The van der Waals surface area contributed by atoms with Gasteiger partial charge in [-0.1, -0.05) is 0 Å². The van der Waals surface area contributed by atoms with Crippen LogP contribution in [0.4, 0.5) is 11.5 Å². The molecule has 0 aliphatic heterocycles. The average molecular weight is 224 g/mol. The fraction of sp³-hybridized carbons (Fsp3) is 0.333. The highest BCUT2D eigenvalue weighted by molar-refractivity contribution is 5.96. The number of aryl methyl sites for hydroxylation is 1. The summed E-state index contributed by atoms with van der Waals surface area (Å²) in [5.74, 6) is -0.727. The van der Waals surface area contributed by atoms with Gasteiger partial charge in [-0.3, -0.25) is 14.4 Å². The molecule has 0 radical (unpaired) electrons. The Morgan fingerprint density at radius 3 is 2.31 bits per heavy atom. The highest BCUT2D eigenvalue weighted by atomic mass is 16.2. The molecule has 1 aromatic rings. The average Bonchev–Trinajstić information content (AvgIpc) is 2.16. The third kappa shape index (κ3) is 2.66. The zero-order valence-corrected chi connectivity index (χ0v) is 9.20. The number of carbonyl (C=O) groups is 2. The van der Waals surface area contributed by atoms with Crippen molar-refractivity contribution in [1.82, 2.24) is 9.55 Å². The Balaban J connectivity index is 3.26. The lowest BCUT2D eigenvalue weighted by atomic mass is 10.4. The second-order valence-electron chi connectivity index (χ2n) is 3.25. The number of rotatable bonds is 2. The maximum atomic E-state index is 11.7. The van der Waals surface area contributed by atoms with E-state index < -0.39 is 11.5 Å². The number of nitrogens with one attached hydrogen (secondary N) is 2. The van der Waals surface area contributed by atoms with Gasteiger partial charge in [-0.2, -0.15) is 0 Å². The van der Waals surface area contributed by atoms with Crippen molar-refractivity contribution in [2.75, 3.05) is 10.6 Å². The van der Waals surface area contributed by atoms with E-state index in [2.05, 4.69) is 15.6 Å². The van der Waals surface area contributed by atoms with Crippen LogP contribution in [0, 0.1) is 0 Å². The lowest BCUT2D eigenvalue weighted by Crippen LogP contribution is -2.26. The minimum atomic E-state index is -0.436. The highest BCUT2D eigenvalue weighted by Crippen LogP contribution is 2.12. The van der Waals surface area contributed by atoms with Gasteiger partial charge in [-0.25, -0.2) is 4.98 Å². The van der Waals surface area contributed by atoms with E-state index in [-0.39, 0.29) is 17.4 Å². The molecular weight excluding hydrogens is 212 g/mol. The lowest BCUT2D eigenvalue weighted by molar-refractivity contribution is -0.115. The summed E-state index contributed by atoms with van der Waals surface area (Å²) in [4.78, 5) is 37.3. The van der Waals surface area contributed by atoms with Crippen molar-refractivity contribution in [3.8, 4) is 0 Å². The molecule has 0 bridgehead atoms. The SMILES string of the molecule is CC(=O)Nc1ncn(C)c(=O)c1NC(C)=O. The second kappa shape index (κ2) is 4.56. The first-order chi connectivity index (χ1) is 7.41. The number of hydrogen-bond acceptors (Lipinski definition) is 4. The van der Waals surface area contributed by atoms with Crippen molar-refractivity contribution >= 4 is 23.3 Å². The maximum absolute atomic E-state index is 11.7. The summed E-state index contributed by atoms with van der Waals surface area (Å²) < 4.78 is 1.20. The van der Waals surface area contributed by atoms with Gasteiger partial charge in [-0.15, -0.1) is 0 Å². The molecule has 0 aliphatic rings. The van der Waals surface area contributed by atoms with Crippen LogP contribution in [0.5, 0.6) is 0 Å². The molecule has 2 amide bonds. The van der Waals surface area contributed by atoms with Crippen LogP contribution in [-0.4, -0.2) is 21.4 Å². The predicted molar refractivity (Wildman–Crippen MR) is 58.1 cm³/mol. The van der Waals surface area contributed by atoms with Crippen LogP contribution < -0.4 is 16.2 Å². The van der Waals surface area contributed by atoms with Gasteiger partial charge in [0.1, 0.15) is 0 Å². The molecule has 0 saturated carbocycles. The molecule has 0 unspecified atom stereocenters. The monoisotopic (exact) mass is 224 g/mol. The fourth-order valence-electron chi connectivity index (χ4n) is 1.09. The van der Waals surface area contributed by atoms with E-state index in [4.69, 9.17) is 0 Å². The molecule has 86 valence electrons. The van der Waals surface area contributed by atoms with Gasteiger partial charge in [0.2, 0.25) is 11.8 Å². The van der Waals surface area contributed by atoms with Crippen LogP contribution >= 0.6 is 0 Å². The van der Waals surface area contributed by atoms with Crippen LogP contribution in [-0.2, 0) is 16.6 Å². The molecule has 0 spiro atoms. The molecule has 0 atom stereocenters. The summed E-state index contributed by atoms with van der Waals surface area (Å²) in [6.45, 7) is 2.56. The summed E-state index contributed by atoms with van der Waals surface area (Å²) >= 11 is 0. The van der Waals surface area contributed by atoms with Gasteiger partial charge in [0, 0.05) is 20.9 Å². The van der Waals surface area contributed by atoms with Crippen molar-refractivity contribution in [2.45, 2.75) is 13.8 Å². The molecule has 2 N–H and O–H groups in total. The lowest BCUT2D eigenvalue weighted by Gasteiger charge is -2.09. The first kappa shape index (κ1) is 11.9. The maximum Gasteiger partial charge on any atom is 0.279 e. The van der Waals surface area contributed by atoms with Gasteiger partial charge >= 0.3 is 0 Å². The number of hydrogen-bond donors (Lipinski definition) is 2. The zero-order chi connectivity index (χ0) is 12.3. The van der Waals surface area contributed by atoms with Gasteiger partial charge in [0.15, 0.2) is 11.5 Å². The van der Waals surface area contributed by atoms with Gasteiger partial charge < -0.3 is 15.2 Å². The minimum absolute atomic E-state index is 0.0345. The molecule has 7 nitrogen and oxygen atoms in total. The van der Waals surface area contributed by atoms with Crippen molar-refractivity contribution in [3.05, 3.63) is 16.7 Å². The predicted octanol–water partition coefficient (Wildman–Crippen LogP) is -0.303. The number of carbonyl (C=O) groups excluding carboxylic acids is 2. The smallest absolute Gasteiger partial charge is 0.279 e. The molecule has 1 heterocycles. The van der Waals surface area contributed by atoms with E-state index in [1.54, 1.807) is 0 Å². The van der Waals surface area contributed by atoms with E-state index in [9.17, 15) is 14.4 Å². The first-order valence-corrected chi connectivity index (χ1v) is 4.52. The molecule has 0 fully saturated rings. The molecule has 1 rings (SSSR count). The Kier molecular flexibility index (Phi) is 3.39. The van der Waals surface area contributed by atoms with Crippen LogP contribution in [0.1, 0.15) is 13.8 Å². The van der Waals surface area contributed by atoms with Crippen molar-refractivity contribution in [1.29, 1.82) is 0 Å². The van der Waals surface area contributed by atoms with E-state index in [1.165, 1.54) is 31.8 Å². The quantitative estimate of drug-likeness (QED) is 0.721. The molecule has 0 aromatic carbocycles. The summed E-state index contributed by atoms with van der Waals surface area (Å²) in [6.07, 6.45) is 1.26. The number of nitrogens with zero attached hydrogens (tertiary/aromatic N) is 2. The Labute approximate surface area is 91.5 Å². The molecule has 16 heavy (non-hydrogen) atoms. The molecule has 0 aliphatic carbocycles. The van der Waals surface area contributed by atoms with Gasteiger partial charge in [0.05, 0.1) is 6.33 Å². The van der Waals surface area contributed by atoms with Crippen LogP contribution in [0.15, 0.2) is 11.1 Å². The van der Waals surface area contributed by atoms with Crippen molar-refractivity contribution in [2.24, 2.45) is 7.05 Å². The molecule has 0 saturated heterocycles. The Bertz CT molecular complexity index is 492. The first-order valence-electron chi connectivity index (χ1n) is 4.52. The van der Waals surface area contributed by atoms with E-state index >= 15 is 0 Å². The normalized spacial score (nSPS) is 9.69. The largest absolute Gasteiger partial charge is 0.319 e. The zero-order valence-electron chi connectivity index (χ0n) is 9.20. The van der Waals surface area contributed by atoms with Gasteiger partial charge in [-0.05, 0) is 0 Å². The third-order valence-corrected chi connectivity index (χ3v) is 1.73. The van der Waals surface area contributed by atoms with Gasteiger partial charge in [0.25, 0.3) is 5.56 Å². The van der Waals surface area contributed by atoms with Crippen LogP contribution in [0.2, 0.25) is 0 Å². The second-order valence-corrected chi connectivity index (χ2v) is 3.25. The van der Waals surface area contributed by atoms with Crippen LogP contribution in [0.25, 0.3) is 0 Å². The Hall–Kier alpha value is -2.18. The van der Waals surface area contributed by atoms with Crippen LogP contribution in [0.3, 0.4) is 0 Å². The summed E-state index contributed by atoms with van der Waals surface area (Å²) in [6, 6.07) is 0. The summed E-state index contributed by atoms with van der Waals surface area (Å²) in [5, 5.41) is 4.71.